The number of anilines is 1. The number of carbonyl (C=O) groups is 1. The number of hydrogen-bond donors (Lipinski definition) is 0. The Kier molecular flexibility index (Phi) is 3.46. The smallest absolute Gasteiger partial charge is 0.344 e. The van der Waals surface area contributed by atoms with Crippen molar-refractivity contribution >= 4 is 23.3 Å². The summed E-state index contributed by atoms with van der Waals surface area (Å²) in [5, 5.41) is -0.0875. The van der Waals surface area contributed by atoms with E-state index in [0.717, 1.165) is 6.54 Å². The van der Waals surface area contributed by atoms with Crippen molar-refractivity contribution in [1.29, 1.82) is 0 Å². The van der Waals surface area contributed by atoms with Gasteiger partial charge in [0.2, 0.25) is 0 Å². The summed E-state index contributed by atoms with van der Waals surface area (Å²) >= 11 is 5.90. The van der Waals surface area contributed by atoms with E-state index < -0.39 is 11.8 Å². The van der Waals surface area contributed by atoms with Gasteiger partial charge in [0.15, 0.2) is 11.6 Å². The number of hydrogen-bond acceptors (Lipinski definition) is 4. The van der Waals surface area contributed by atoms with Crippen molar-refractivity contribution in [3.05, 3.63) is 22.5 Å². The second-order valence-electron chi connectivity index (χ2n) is 5.13. The molecule has 0 saturated heterocycles. The van der Waals surface area contributed by atoms with Crippen LogP contribution in [0.1, 0.15) is 23.2 Å². The molecule has 3 rings (SSSR count). The van der Waals surface area contributed by atoms with Crippen molar-refractivity contribution in [1.82, 2.24) is 0 Å². The summed E-state index contributed by atoms with van der Waals surface area (Å²) in [5.74, 6) is -0.642. The van der Waals surface area contributed by atoms with E-state index in [1.807, 2.05) is 0 Å². The molecule has 0 bridgehead atoms. The predicted molar refractivity (Wildman–Crippen MR) is 73.2 cm³/mol. The van der Waals surface area contributed by atoms with Gasteiger partial charge in [0, 0.05) is 6.54 Å². The molecule has 1 fully saturated rings. The second kappa shape index (κ2) is 5.13. The summed E-state index contributed by atoms with van der Waals surface area (Å²) in [7, 11) is 1.21. The molecule has 0 amide bonds. The number of rotatable bonds is 3. The van der Waals surface area contributed by atoms with E-state index in [1.165, 1.54) is 26.0 Å². The highest BCUT2D eigenvalue weighted by Gasteiger charge is 2.32. The number of benzene rings is 1. The fraction of sp³-hybridized carbons (Fsp3) is 0.500. The second-order valence-corrected chi connectivity index (χ2v) is 5.53. The van der Waals surface area contributed by atoms with Gasteiger partial charge in [-0.05, 0) is 24.8 Å². The van der Waals surface area contributed by atoms with Crippen LogP contribution >= 0.6 is 11.6 Å². The quantitative estimate of drug-likeness (QED) is 0.805. The monoisotopic (exact) mass is 299 g/mol. The van der Waals surface area contributed by atoms with Gasteiger partial charge in [0.1, 0.15) is 12.2 Å². The van der Waals surface area contributed by atoms with Crippen molar-refractivity contribution < 1.29 is 18.7 Å². The number of fused-ring (bicyclic) bond motifs is 1. The molecule has 1 aromatic carbocycles. The van der Waals surface area contributed by atoms with Gasteiger partial charge < -0.3 is 14.4 Å². The molecule has 6 heteroatoms. The van der Waals surface area contributed by atoms with E-state index in [0.29, 0.717) is 24.8 Å². The van der Waals surface area contributed by atoms with Crippen molar-refractivity contribution in [2.75, 3.05) is 31.7 Å². The molecule has 0 aromatic heterocycles. The molecule has 1 aliphatic heterocycles. The van der Waals surface area contributed by atoms with Gasteiger partial charge in [0.05, 0.1) is 24.4 Å². The summed E-state index contributed by atoms with van der Waals surface area (Å²) < 4.78 is 24.2. The van der Waals surface area contributed by atoms with Crippen LogP contribution in [0.2, 0.25) is 5.02 Å². The Labute approximate surface area is 121 Å². The number of nitrogens with zero attached hydrogens (tertiary/aromatic N) is 1. The highest BCUT2D eigenvalue weighted by atomic mass is 35.5. The summed E-state index contributed by atoms with van der Waals surface area (Å²) in [6.07, 6.45) is 2.43. The Bertz CT molecular complexity index is 560. The maximum atomic E-state index is 14.1. The number of ether oxygens (including phenoxy) is 2. The lowest BCUT2D eigenvalue weighted by Gasteiger charge is -2.32. The van der Waals surface area contributed by atoms with Gasteiger partial charge in [-0.3, -0.25) is 0 Å². The molecule has 1 heterocycles. The zero-order chi connectivity index (χ0) is 14.3. The largest absolute Gasteiger partial charge is 0.489 e. The van der Waals surface area contributed by atoms with Gasteiger partial charge in [-0.1, -0.05) is 11.6 Å². The van der Waals surface area contributed by atoms with Gasteiger partial charge in [-0.2, -0.15) is 0 Å². The lowest BCUT2D eigenvalue weighted by molar-refractivity contribution is 0.0590. The molecule has 1 aromatic rings. The van der Waals surface area contributed by atoms with E-state index >= 15 is 0 Å². The molecule has 0 unspecified atom stereocenters. The van der Waals surface area contributed by atoms with E-state index in [1.54, 1.807) is 0 Å². The number of methoxy groups -OCH3 is 1. The molecule has 0 spiro atoms. The topological polar surface area (TPSA) is 38.8 Å². The van der Waals surface area contributed by atoms with Crippen LogP contribution in [-0.4, -0.2) is 32.8 Å². The van der Waals surface area contributed by atoms with Crippen LogP contribution in [0.15, 0.2) is 6.07 Å². The van der Waals surface area contributed by atoms with E-state index in [9.17, 15) is 9.18 Å². The summed E-state index contributed by atoms with van der Waals surface area (Å²) in [6.45, 7) is 2.02. The first kappa shape index (κ1) is 13.5. The van der Waals surface area contributed by atoms with Crippen molar-refractivity contribution in [2.45, 2.75) is 12.8 Å². The highest BCUT2D eigenvalue weighted by molar-refractivity contribution is 6.31. The molecule has 20 heavy (non-hydrogen) atoms. The van der Waals surface area contributed by atoms with Gasteiger partial charge in [-0.25, -0.2) is 9.18 Å². The fourth-order valence-electron chi connectivity index (χ4n) is 2.44. The maximum Gasteiger partial charge on any atom is 0.344 e. The fourth-order valence-corrected chi connectivity index (χ4v) is 2.64. The molecule has 1 aliphatic carbocycles. The van der Waals surface area contributed by atoms with Gasteiger partial charge in [-0.15, -0.1) is 0 Å². The standard InChI is InChI=1S/C14H15ClFNO3/c1-19-14(18)11-12(16)9(15)6-10-13(11)20-5-4-17(10)7-8-2-3-8/h6,8H,2-5,7H2,1H3. The zero-order valence-corrected chi connectivity index (χ0v) is 11.9. The first-order chi connectivity index (χ1) is 9.61. The molecule has 0 N–H and O–H groups in total. The molecule has 1 saturated carbocycles. The zero-order valence-electron chi connectivity index (χ0n) is 11.1. The SMILES string of the molecule is COC(=O)c1c(F)c(Cl)cc2c1OCCN2CC1CC1. The van der Waals surface area contributed by atoms with Crippen LogP contribution in [0.5, 0.6) is 5.75 Å². The van der Waals surface area contributed by atoms with Crippen LogP contribution < -0.4 is 9.64 Å². The van der Waals surface area contributed by atoms with Crippen molar-refractivity contribution in [2.24, 2.45) is 5.92 Å². The molecule has 4 nitrogen and oxygen atoms in total. The molecule has 0 radical (unpaired) electrons. The minimum atomic E-state index is -0.787. The normalized spacial score (nSPS) is 17.4. The van der Waals surface area contributed by atoms with Crippen LogP contribution in [0.25, 0.3) is 0 Å². The summed E-state index contributed by atoms with van der Waals surface area (Å²) in [4.78, 5) is 13.9. The number of carbonyl (C=O) groups excluding carboxylic acids is 1. The first-order valence-electron chi connectivity index (χ1n) is 6.60. The number of esters is 1. The van der Waals surface area contributed by atoms with Gasteiger partial charge >= 0.3 is 5.97 Å². The predicted octanol–water partition coefficient (Wildman–Crippen LogP) is 2.87. The lowest BCUT2D eigenvalue weighted by atomic mass is 10.1. The third kappa shape index (κ3) is 2.30. The van der Waals surface area contributed by atoms with E-state index in [4.69, 9.17) is 16.3 Å². The molecule has 2 aliphatic rings. The van der Waals surface area contributed by atoms with Gasteiger partial charge in [0.25, 0.3) is 0 Å². The Morgan fingerprint density at radius 1 is 1.60 bits per heavy atom. The van der Waals surface area contributed by atoms with E-state index in [2.05, 4.69) is 9.64 Å². The first-order valence-corrected chi connectivity index (χ1v) is 6.97. The maximum absolute atomic E-state index is 14.1. The summed E-state index contributed by atoms with van der Waals surface area (Å²) in [6, 6.07) is 1.53. The van der Waals surface area contributed by atoms with E-state index in [-0.39, 0.29) is 16.3 Å². The van der Waals surface area contributed by atoms with Crippen LogP contribution in [0, 0.1) is 11.7 Å². The van der Waals surface area contributed by atoms with Crippen LogP contribution in [0.3, 0.4) is 0 Å². The minimum absolute atomic E-state index is 0.0875. The van der Waals surface area contributed by atoms with Crippen molar-refractivity contribution in [3.63, 3.8) is 0 Å². The lowest BCUT2D eigenvalue weighted by Crippen LogP contribution is -2.35. The third-order valence-corrected chi connectivity index (χ3v) is 3.94. The Morgan fingerprint density at radius 2 is 2.35 bits per heavy atom. The Morgan fingerprint density at radius 3 is 3.00 bits per heavy atom. The van der Waals surface area contributed by atoms with Crippen molar-refractivity contribution in [3.8, 4) is 5.75 Å². The molecule has 0 atom stereocenters. The van der Waals surface area contributed by atoms with Crippen LogP contribution in [0.4, 0.5) is 10.1 Å². The average molecular weight is 300 g/mol. The average Bonchev–Trinajstić information content (AvgIpc) is 3.24. The minimum Gasteiger partial charge on any atom is -0.489 e. The van der Waals surface area contributed by atoms with Crippen LogP contribution in [-0.2, 0) is 4.74 Å². The molecule has 108 valence electrons. The summed E-state index contributed by atoms with van der Waals surface area (Å²) in [5.41, 5.74) is 0.463. The highest BCUT2D eigenvalue weighted by Crippen LogP contribution is 2.42. The Hall–Kier alpha value is -1.49. The molecular weight excluding hydrogens is 285 g/mol. The Balaban J connectivity index is 2.07. The third-order valence-electron chi connectivity index (χ3n) is 3.67. The number of halogens is 2. The molecular formula is C14H15ClFNO3.